The summed E-state index contributed by atoms with van der Waals surface area (Å²) in [5, 5.41) is 7.63. The van der Waals surface area contributed by atoms with Crippen molar-refractivity contribution < 1.29 is 0 Å². The van der Waals surface area contributed by atoms with Gasteiger partial charge in [-0.25, -0.2) is 0 Å². The van der Waals surface area contributed by atoms with E-state index in [4.69, 9.17) is 0 Å². The quantitative estimate of drug-likeness (QED) is 0.702. The van der Waals surface area contributed by atoms with E-state index in [0.717, 1.165) is 19.0 Å². The fraction of sp³-hybridized carbons (Fsp3) is 0.667. The summed E-state index contributed by atoms with van der Waals surface area (Å²) >= 11 is 0. The van der Waals surface area contributed by atoms with Crippen LogP contribution < -0.4 is 5.32 Å². The van der Waals surface area contributed by atoms with E-state index in [-0.39, 0.29) is 0 Å². The fourth-order valence-corrected chi connectivity index (χ4v) is 1.64. The molecule has 0 bridgehead atoms. The molecular weight excluding hydrogens is 150 g/mol. The first-order chi connectivity index (χ1) is 5.93. The lowest BCUT2D eigenvalue weighted by atomic mass is 10.2. The maximum absolute atomic E-state index is 4.38. The van der Waals surface area contributed by atoms with Gasteiger partial charge in [0, 0.05) is 19.3 Å². The smallest absolute Gasteiger partial charge is 0.0767 e. The molecule has 1 N–H and O–H groups in total. The van der Waals surface area contributed by atoms with Crippen molar-refractivity contribution in [2.24, 2.45) is 0 Å². The molecule has 2 aliphatic rings. The molecule has 3 nitrogen and oxygen atoms in total. The van der Waals surface area contributed by atoms with Gasteiger partial charge in [0.25, 0.3) is 0 Å². The van der Waals surface area contributed by atoms with Crippen molar-refractivity contribution >= 4 is 0 Å². The molecule has 3 rings (SSSR count). The molecule has 1 aliphatic heterocycles. The van der Waals surface area contributed by atoms with Gasteiger partial charge in [0.15, 0.2) is 0 Å². The second kappa shape index (κ2) is 2.33. The molecule has 1 aromatic heterocycles. The minimum absolute atomic E-state index is 0.623. The minimum atomic E-state index is 0.623. The number of hydrogen-bond donors (Lipinski definition) is 1. The molecule has 0 atom stereocenters. The van der Waals surface area contributed by atoms with Crippen LogP contribution in [0.5, 0.6) is 0 Å². The van der Waals surface area contributed by atoms with Crippen LogP contribution >= 0.6 is 0 Å². The minimum Gasteiger partial charge on any atom is -0.312 e. The van der Waals surface area contributed by atoms with Crippen LogP contribution in [0.2, 0.25) is 0 Å². The summed E-state index contributed by atoms with van der Waals surface area (Å²) in [6, 6.07) is 0.623. The lowest BCUT2D eigenvalue weighted by Crippen LogP contribution is -2.43. The SMILES string of the molecule is c1nn(C2CNC2)cc1C1CC1. The third-order valence-corrected chi connectivity index (χ3v) is 2.80. The molecule has 64 valence electrons. The highest BCUT2D eigenvalue weighted by molar-refractivity contribution is 5.17. The van der Waals surface area contributed by atoms with Crippen LogP contribution in [0.1, 0.15) is 30.4 Å². The topological polar surface area (TPSA) is 29.9 Å². The van der Waals surface area contributed by atoms with Crippen LogP contribution in [0.3, 0.4) is 0 Å². The van der Waals surface area contributed by atoms with E-state index in [2.05, 4.69) is 21.3 Å². The lowest BCUT2D eigenvalue weighted by molar-refractivity contribution is 0.318. The Balaban J connectivity index is 1.81. The molecule has 1 saturated carbocycles. The number of rotatable bonds is 2. The van der Waals surface area contributed by atoms with Gasteiger partial charge in [-0.3, -0.25) is 4.68 Å². The van der Waals surface area contributed by atoms with Crippen molar-refractivity contribution in [3.05, 3.63) is 18.0 Å². The number of hydrogen-bond acceptors (Lipinski definition) is 2. The molecule has 0 amide bonds. The van der Waals surface area contributed by atoms with E-state index in [1.54, 1.807) is 0 Å². The Morgan fingerprint density at radius 2 is 2.25 bits per heavy atom. The van der Waals surface area contributed by atoms with Gasteiger partial charge >= 0.3 is 0 Å². The zero-order chi connectivity index (χ0) is 7.97. The van der Waals surface area contributed by atoms with E-state index < -0.39 is 0 Å². The third-order valence-electron chi connectivity index (χ3n) is 2.80. The van der Waals surface area contributed by atoms with Crippen LogP contribution in [0, 0.1) is 0 Å². The molecule has 12 heavy (non-hydrogen) atoms. The number of nitrogens with zero attached hydrogens (tertiary/aromatic N) is 2. The maximum atomic E-state index is 4.38. The Morgan fingerprint density at radius 1 is 1.42 bits per heavy atom. The summed E-state index contributed by atoms with van der Waals surface area (Å²) in [6.45, 7) is 2.18. The Morgan fingerprint density at radius 3 is 2.83 bits per heavy atom. The lowest BCUT2D eigenvalue weighted by Gasteiger charge is -2.27. The summed E-state index contributed by atoms with van der Waals surface area (Å²) in [5.74, 6) is 0.840. The molecule has 0 unspecified atom stereocenters. The molecule has 1 aromatic rings. The van der Waals surface area contributed by atoms with Crippen LogP contribution in [0.25, 0.3) is 0 Å². The maximum Gasteiger partial charge on any atom is 0.0767 e. The third kappa shape index (κ3) is 0.966. The largest absolute Gasteiger partial charge is 0.312 e. The van der Waals surface area contributed by atoms with Gasteiger partial charge in [0.1, 0.15) is 0 Å². The van der Waals surface area contributed by atoms with Gasteiger partial charge in [-0.2, -0.15) is 5.10 Å². The van der Waals surface area contributed by atoms with Crippen molar-refractivity contribution in [2.45, 2.75) is 24.8 Å². The molecule has 1 saturated heterocycles. The highest BCUT2D eigenvalue weighted by atomic mass is 15.3. The van der Waals surface area contributed by atoms with Gasteiger partial charge in [0.2, 0.25) is 0 Å². The van der Waals surface area contributed by atoms with Gasteiger partial charge in [-0.15, -0.1) is 0 Å². The summed E-state index contributed by atoms with van der Waals surface area (Å²) in [7, 11) is 0. The summed E-state index contributed by atoms with van der Waals surface area (Å²) < 4.78 is 2.12. The number of nitrogens with one attached hydrogen (secondary N) is 1. The Bertz CT molecular complexity index is 284. The standard InChI is InChI=1S/C9H13N3/c1-2-7(1)8-3-11-12(6-8)9-4-10-5-9/h3,6-7,9-10H,1-2,4-5H2. The molecule has 2 heterocycles. The summed E-state index contributed by atoms with van der Waals surface area (Å²) in [4.78, 5) is 0. The highest BCUT2D eigenvalue weighted by Crippen LogP contribution is 2.39. The van der Waals surface area contributed by atoms with E-state index in [9.17, 15) is 0 Å². The molecule has 2 fully saturated rings. The van der Waals surface area contributed by atoms with Crippen molar-refractivity contribution in [1.29, 1.82) is 0 Å². The Hall–Kier alpha value is -0.830. The number of aromatic nitrogens is 2. The average Bonchev–Trinajstić information content (AvgIpc) is 2.70. The zero-order valence-electron chi connectivity index (χ0n) is 7.03. The van der Waals surface area contributed by atoms with E-state index in [1.165, 1.54) is 18.4 Å². The molecule has 0 radical (unpaired) electrons. The molecule has 0 spiro atoms. The Labute approximate surface area is 71.8 Å². The molecular formula is C9H13N3. The first-order valence-corrected chi connectivity index (χ1v) is 4.68. The average molecular weight is 163 g/mol. The normalized spacial score (nSPS) is 24.0. The van der Waals surface area contributed by atoms with Crippen molar-refractivity contribution in [1.82, 2.24) is 15.1 Å². The van der Waals surface area contributed by atoms with E-state index in [1.807, 2.05) is 6.20 Å². The van der Waals surface area contributed by atoms with Crippen LogP contribution in [0.4, 0.5) is 0 Å². The first kappa shape index (κ1) is 6.66. The van der Waals surface area contributed by atoms with Crippen molar-refractivity contribution in [3.63, 3.8) is 0 Å². The predicted molar refractivity (Wildman–Crippen MR) is 46.1 cm³/mol. The van der Waals surface area contributed by atoms with E-state index >= 15 is 0 Å². The summed E-state index contributed by atoms with van der Waals surface area (Å²) in [6.07, 6.45) is 7.00. The van der Waals surface area contributed by atoms with Crippen molar-refractivity contribution in [3.8, 4) is 0 Å². The van der Waals surface area contributed by atoms with Crippen LogP contribution in [-0.4, -0.2) is 22.9 Å². The predicted octanol–water partition coefficient (Wildman–Crippen LogP) is 0.905. The van der Waals surface area contributed by atoms with Gasteiger partial charge < -0.3 is 5.32 Å². The molecule has 1 aliphatic carbocycles. The zero-order valence-corrected chi connectivity index (χ0v) is 7.03. The van der Waals surface area contributed by atoms with Gasteiger partial charge in [-0.05, 0) is 24.3 Å². The second-order valence-corrected chi connectivity index (χ2v) is 3.84. The van der Waals surface area contributed by atoms with Crippen molar-refractivity contribution in [2.75, 3.05) is 13.1 Å². The van der Waals surface area contributed by atoms with Gasteiger partial charge in [-0.1, -0.05) is 0 Å². The van der Waals surface area contributed by atoms with Crippen LogP contribution in [0.15, 0.2) is 12.4 Å². The molecule has 3 heteroatoms. The summed E-state index contributed by atoms with van der Waals surface area (Å²) in [5.41, 5.74) is 1.45. The second-order valence-electron chi connectivity index (χ2n) is 3.84. The molecule has 0 aromatic carbocycles. The highest BCUT2D eigenvalue weighted by Gasteiger charge is 2.26. The van der Waals surface area contributed by atoms with Crippen LogP contribution in [-0.2, 0) is 0 Å². The monoisotopic (exact) mass is 163 g/mol. The Kier molecular flexibility index (Phi) is 1.29. The first-order valence-electron chi connectivity index (χ1n) is 4.68. The van der Waals surface area contributed by atoms with Gasteiger partial charge in [0.05, 0.1) is 12.2 Å². The van der Waals surface area contributed by atoms with E-state index in [0.29, 0.717) is 6.04 Å². The fourth-order valence-electron chi connectivity index (χ4n) is 1.64.